The topological polar surface area (TPSA) is 68.7 Å². The van der Waals surface area contributed by atoms with E-state index < -0.39 is 0 Å². The van der Waals surface area contributed by atoms with Crippen molar-refractivity contribution in [2.75, 3.05) is 25.5 Å². The van der Waals surface area contributed by atoms with Crippen LogP contribution in [0.2, 0.25) is 0 Å². The largest absolute Gasteiger partial charge is 0.491 e. The number of aryl methyl sites for hydroxylation is 1. The van der Waals surface area contributed by atoms with E-state index in [4.69, 9.17) is 9.47 Å². The predicted octanol–water partition coefficient (Wildman–Crippen LogP) is 6.78. The van der Waals surface area contributed by atoms with Crippen LogP contribution in [0.5, 0.6) is 5.75 Å². The highest BCUT2D eigenvalue weighted by molar-refractivity contribution is 8.01. The second-order valence-electron chi connectivity index (χ2n) is 9.24. The molecule has 1 amide bonds. The lowest BCUT2D eigenvalue weighted by Gasteiger charge is -2.24. The lowest BCUT2D eigenvalue weighted by atomic mass is 10.1. The van der Waals surface area contributed by atoms with Gasteiger partial charge in [-0.05, 0) is 43.4 Å². The highest BCUT2D eigenvalue weighted by atomic mass is 32.2. The third kappa shape index (κ3) is 9.43. The number of carbonyl (C=O) groups excluding carboxylic acids is 2. The lowest BCUT2D eigenvalue weighted by Crippen LogP contribution is -2.38. The van der Waals surface area contributed by atoms with Gasteiger partial charge in [0.05, 0.1) is 12.6 Å². The molecule has 3 rings (SSSR count). The lowest BCUT2D eigenvalue weighted by molar-refractivity contribution is -0.129. The van der Waals surface area contributed by atoms with Gasteiger partial charge >= 0.3 is 5.97 Å². The number of amides is 1. The Bertz CT molecular complexity index is 949. The summed E-state index contributed by atoms with van der Waals surface area (Å²) in [7, 11) is 0. The summed E-state index contributed by atoms with van der Waals surface area (Å²) >= 11 is 3.01. The van der Waals surface area contributed by atoms with E-state index in [0.717, 1.165) is 41.5 Å². The van der Waals surface area contributed by atoms with Crippen LogP contribution in [0.4, 0.5) is 0 Å². The molecule has 0 aliphatic carbocycles. The fraction of sp³-hybridized carbons (Fsp3) is 0.607. The maximum Gasteiger partial charge on any atom is 0.357 e. The number of nitrogens with zero attached hydrogens (tertiary/aromatic N) is 2. The number of aromatic nitrogens is 1. The number of thioether (sulfide) groups is 1. The quantitative estimate of drug-likeness (QED) is 0.127. The Kier molecular flexibility index (Phi) is 12.6. The molecule has 198 valence electrons. The molecule has 1 unspecified atom stereocenters. The average molecular weight is 533 g/mol. The number of carbonyl (C=O) groups is 2. The average Bonchev–Trinajstić information content (AvgIpc) is 3.50. The van der Waals surface area contributed by atoms with Gasteiger partial charge in [-0.2, -0.15) is 0 Å². The molecule has 1 aromatic carbocycles. The highest BCUT2D eigenvalue weighted by Crippen LogP contribution is 2.26. The number of thiazole rings is 1. The number of rotatable bonds is 17. The van der Waals surface area contributed by atoms with Crippen LogP contribution in [0.3, 0.4) is 0 Å². The van der Waals surface area contributed by atoms with Crippen LogP contribution in [-0.2, 0) is 16.0 Å². The predicted molar refractivity (Wildman–Crippen MR) is 147 cm³/mol. The first kappa shape index (κ1) is 28.5. The minimum atomic E-state index is -0.362. The molecule has 1 saturated heterocycles. The Balaban J connectivity index is 1.41. The van der Waals surface area contributed by atoms with E-state index in [1.807, 2.05) is 11.0 Å². The van der Waals surface area contributed by atoms with Gasteiger partial charge in [0.25, 0.3) is 0 Å². The fourth-order valence-electron chi connectivity index (χ4n) is 4.22. The number of hydrogen-bond acceptors (Lipinski definition) is 7. The first-order valence-corrected chi connectivity index (χ1v) is 15.2. The van der Waals surface area contributed by atoms with Crippen molar-refractivity contribution in [2.45, 2.75) is 88.4 Å². The zero-order valence-corrected chi connectivity index (χ0v) is 23.3. The molecule has 1 atom stereocenters. The molecule has 1 aliphatic heterocycles. The maximum atomic E-state index is 12.5. The van der Waals surface area contributed by atoms with Crippen LogP contribution >= 0.6 is 23.1 Å². The molecular formula is C28H40N2O4S2. The first-order chi connectivity index (χ1) is 17.6. The SMILES string of the molecule is CCCCCCCc1cccc(OCC2CCC(=O)N2CCSc2nc(C(=O)OCCCC)cs2)c1. The smallest absolute Gasteiger partial charge is 0.357 e. The summed E-state index contributed by atoms with van der Waals surface area (Å²) in [6, 6.07) is 8.47. The third-order valence-corrected chi connectivity index (χ3v) is 8.34. The Labute approximate surface area is 224 Å². The molecule has 1 aromatic heterocycles. The van der Waals surface area contributed by atoms with Gasteiger partial charge in [-0.25, -0.2) is 9.78 Å². The molecule has 8 heteroatoms. The second kappa shape index (κ2) is 15.9. The van der Waals surface area contributed by atoms with E-state index in [2.05, 4.69) is 37.0 Å². The summed E-state index contributed by atoms with van der Waals surface area (Å²) in [5, 5.41) is 1.74. The Hall–Kier alpha value is -2.06. The third-order valence-electron chi connectivity index (χ3n) is 6.34. The highest BCUT2D eigenvalue weighted by Gasteiger charge is 2.31. The van der Waals surface area contributed by atoms with E-state index in [1.165, 1.54) is 49.0 Å². The fourth-order valence-corrected chi connectivity index (χ4v) is 6.03. The number of likely N-dealkylation sites (tertiary alicyclic amines) is 1. The van der Waals surface area contributed by atoms with E-state index in [0.29, 0.717) is 31.9 Å². The molecule has 0 bridgehead atoms. The van der Waals surface area contributed by atoms with Crippen molar-refractivity contribution in [2.24, 2.45) is 0 Å². The Morgan fingerprint density at radius 3 is 2.83 bits per heavy atom. The molecule has 0 radical (unpaired) electrons. The Morgan fingerprint density at radius 2 is 2.00 bits per heavy atom. The van der Waals surface area contributed by atoms with E-state index in [1.54, 1.807) is 17.1 Å². The Morgan fingerprint density at radius 1 is 1.17 bits per heavy atom. The van der Waals surface area contributed by atoms with Crippen molar-refractivity contribution in [1.29, 1.82) is 0 Å². The van der Waals surface area contributed by atoms with Gasteiger partial charge in [0.15, 0.2) is 10.0 Å². The minimum absolute atomic E-state index is 0.0937. The van der Waals surface area contributed by atoms with Crippen LogP contribution in [0.25, 0.3) is 0 Å². The van der Waals surface area contributed by atoms with Crippen LogP contribution in [0, 0.1) is 0 Å². The van der Waals surface area contributed by atoms with Crippen LogP contribution in [0.15, 0.2) is 34.0 Å². The zero-order valence-electron chi connectivity index (χ0n) is 21.7. The summed E-state index contributed by atoms with van der Waals surface area (Å²) < 4.78 is 12.2. The van der Waals surface area contributed by atoms with Crippen LogP contribution in [-0.4, -0.2) is 53.3 Å². The van der Waals surface area contributed by atoms with Gasteiger partial charge in [-0.3, -0.25) is 4.79 Å². The summed E-state index contributed by atoms with van der Waals surface area (Å²) in [6.45, 7) is 5.89. The molecule has 0 N–H and O–H groups in total. The second-order valence-corrected chi connectivity index (χ2v) is 11.4. The summed E-state index contributed by atoms with van der Waals surface area (Å²) in [4.78, 5) is 30.9. The minimum Gasteiger partial charge on any atom is -0.491 e. The molecule has 0 spiro atoms. The van der Waals surface area contributed by atoms with Crippen molar-refractivity contribution in [3.05, 3.63) is 40.9 Å². The first-order valence-electron chi connectivity index (χ1n) is 13.4. The normalized spacial score (nSPS) is 15.4. The van der Waals surface area contributed by atoms with Gasteiger partial charge in [-0.1, -0.05) is 69.8 Å². The summed E-state index contributed by atoms with van der Waals surface area (Å²) in [6.07, 6.45) is 10.7. The van der Waals surface area contributed by atoms with Gasteiger partial charge in [0, 0.05) is 24.1 Å². The molecule has 2 aromatic rings. The molecule has 6 nitrogen and oxygen atoms in total. The van der Waals surface area contributed by atoms with Gasteiger partial charge in [0.1, 0.15) is 12.4 Å². The van der Waals surface area contributed by atoms with Crippen LogP contribution < -0.4 is 4.74 Å². The van der Waals surface area contributed by atoms with Crippen molar-refractivity contribution < 1.29 is 19.1 Å². The molecular weight excluding hydrogens is 492 g/mol. The summed E-state index contributed by atoms with van der Waals surface area (Å²) in [5.41, 5.74) is 1.68. The van der Waals surface area contributed by atoms with Crippen molar-refractivity contribution in [3.8, 4) is 5.75 Å². The molecule has 0 saturated carbocycles. The molecule has 36 heavy (non-hydrogen) atoms. The summed E-state index contributed by atoms with van der Waals surface area (Å²) in [5.74, 6) is 1.44. The molecule has 1 fully saturated rings. The maximum absolute atomic E-state index is 12.5. The number of hydrogen-bond donors (Lipinski definition) is 0. The molecule has 2 heterocycles. The van der Waals surface area contributed by atoms with Gasteiger partial charge in [0.2, 0.25) is 5.91 Å². The molecule has 1 aliphatic rings. The van der Waals surface area contributed by atoms with Crippen molar-refractivity contribution in [3.63, 3.8) is 0 Å². The number of ether oxygens (including phenoxy) is 2. The number of esters is 1. The monoisotopic (exact) mass is 532 g/mol. The van der Waals surface area contributed by atoms with E-state index >= 15 is 0 Å². The van der Waals surface area contributed by atoms with Gasteiger partial charge in [-0.15, -0.1) is 11.3 Å². The number of benzene rings is 1. The standard InChI is InChI=1S/C28H40N2O4S2/c1-3-5-7-8-9-11-22-12-10-13-24(19-22)34-20-23-14-15-26(31)30(23)16-18-35-28-29-25(21-36-28)27(32)33-17-6-4-2/h10,12-13,19,21,23H,3-9,11,14-18,20H2,1-2H3. The van der Waals surface area contributed by atoms with Crippen molar-refractivity contribution >= 4 is 35.0 Å². The van der Waals surface area contributed by atoms with E-state index in [9.17, 15) is 9.59 Å². The van der Waals surface area contributed by atoms with Gasteiger partial charge < -0.3 is 14.4 Å². The van der Waals surface area contributed by atoms with E-state index in [-0.39, 0.29) is 17.9 Å². The number of unbranched alkanes of at least 4 members (excludes halogenated alkanes) is 5. The zero-order chi connectivity index (χ0) is 25.6. The van der Waals surface area contributed by atoms with Crippen molar-refractivity contribution in [1.82, 2.24) is 9.88 Å². The van der Waals surface area contributed by atoms with Crippen LogP contribution in [0.1, 0.15) is 87.7 Å².